The molecule has 0 aliphatic carbocycles. The van der Waals surface area contributed by atoms with Crippen molar-refractivity contribution in [2.75, 3.05) is 5.32 Å². The Kier molecular flexibility index (Phi) is 4.23. The van der Waals surface area contributed by atoms with Gasteiger partial charge in [-0.25, -0.2) is 4.79 Å². The van der Waals surface area contributed by atoms with Crippen molar-refractivity contribution in [3.63, 3.8) is 0 Å². The van der Waals surface area contributed by atoms with Crippen LogP contribution in [0, 0.1) is 6.92 Å². The topological polar surface area (TPSA) is 42.2 Å². The largest absolute Gasteiger partial charge is 0.423 e. The van der Waals surface area contributed by atoms with Gasteiger partial charge in [0.2, 0.25) is 0 Å². The van der Waals surface area contributed by atoms with E-state index in [0.29, 0.717) is 16.3 Å². The molecule has 0 aliphatic rings. The normalized spacial score (nSPS) is 10.8. The summed E-state index contributed by atoms with van der Waals surface area (Å²) in [6.45, 7) is 1.88. The van der Waals surface area contributed by atoms with Gasteiger partial charge >= 0.3 is 5.63 Å². The second kappa shape index (κ2) is 6.70. The molecule has 0 amide bonds. The fourth-order valence-corrected chi connectivity index (χ4v) is 3.16. The summed E-state index contributed by atoms with van der Waals surface area (Å²) < 4.78 is 5.34. The van der Waals surface area contributed by atoms with E-state index in [1.807, 2.05) is 55.5 Å². The van der Waals surface area contributed by atoms with Gasteiger partial charge in [-0.3, -0.25) is 0 Å². The van der Waals surface area contributed by atoms with Gasteiger partial charge in [0.05, 0.1) is 5.69 Å². The lowest BCUT2D eigenvalue weighted by molar-refractivity contribution is 0.561. The zero-order valence-corrected chi connectivity index (χ0v) is 14.9. The summed E-state index contributed by atoms with van der Waals surface area (Å²) in [7, 11) is 0. The molecule has 4 rings (SSSR count). The Morgan fingerprint density at radius 2 is 1.62 bits per heavy atom. The average molecular weight is 362 g/mol. The molecule has 1 N–H and O–H groups in total. The molecule has 26 heavy (non-hydrogen) atoms. The Labute approximate surface area is 155 Å². The van der Waals surface area contributed by atoms with Gasteiger partial charge in [-0.1, -0.05) is 60.1 Å². The molecule has 0 radical (unpaired) electrons. The van der Waals surface area contributed by atoms with E-state index in [1.165, 1.54) is 6.07 Å². The molecule has 4 heteroatoms. The van der Waals surface area contributed by atoms with Crippen LogP contribution in [-0.2, 0) is 0 Å². The van der Waals surface area contributed by atoms with Crippen molar-refractivity contribution in [2.45, 2.75) is 6.92 Å². The molecule has 3 aromatic carbocycles. The maximum absolute atomic E-state index is 12.0. The summed E-state index contributed by atoms with van der Waals surface area (Å²) in [6.07, 6.45) is 0. The molecule has 0 fully saturated rings. The van der Waals surface area contributed by atoms with Crippen molar-refractivity contribution in [2.24, 2.45) is 0 Å². The first-order valence-electron chi connectivity index (χ1n) is 8.27. The average Bonchev–Trinajstić information content (AvgIpc) is 2.64. The monoisotopic (exact) mass is 361 g/mol. The van der Waals surface area contributed by atoms with Crippen molar-refractivity contribution >= 4 is 33.9 Å². The first kappa shape index (κ1) is 16.4. The second-order valence-corrected chi connectivity index (χ2v) is 6.52. The zero-order chi connectivity index (χ0) is 18.1. The highest BCUT2D eigenvalue weighted by Gasteiger charge is 2.11. The number of hydrogen-bond acceptors (Lipinski definition) is 3. The number of aryl methyl sites for hydroxylation is 1. The molecule has 0 saturated carbocycles. The van der Waals surface area contributed by atoms with Crippen molar-refractivity contribution < 1.29 is 4.42 Å². The number of nitrogens with one attached hydrogen (secondary N) is 1. The smallest absolute Gasteiger partial charge is 0.338 e. The van der Waals surface area contributed by atoms with Crippen LogP contribution in [0.15, 0.2) is 82.0 Å². The molecule has 0 aliphatic heterocycles. The van der Waals surface area contributed by atoms with Gasteiger partial charge in [0, 0.05) is 27.7 Å². The van der Waals surface area contributed by atoms with Gasteiger partial charge in [0.1, 0.15) is 5.58 Å². The van der Waals surface area contributed by atoms with E-state index in [-0.39, 0.29) is 0 Å². The number of fused-ring (bicyclic) bond motifs is 1. The summed E-state index contributed by atoms with van der Waals surface area (Å²) in [5, 5.41) is 4.78. The Balaban J connectivity index is 1.87. The number of anilines is 2. The van der Waals surface area contributed by atoms with Crippen LogP contribution >= 0.6 is 11.6 Å². The summed E-state index contributed by atoms with van der Waals surface area (Å²) in [5.41, 5.74) is 4.69. The fourth-order valence-electron chi connectivity index (χ4n) is 2.99. The van der Waals surface area contributed by atoms with Crippen LogP contribution in [0.5, 0.6) is 0 Å². The third-order valence-corrected chi connectivity index (χ3v) is 4.71. The van der Waals surface area contributed by atoms with Crippen LogP contribution in [-0.4, -0.2) is 0 Å². The third kappa shape index (κ3) is 3.09. The van der Waals surface area contributed by atoms with Crippen LogP contribution < -0.4 is 10.9 Å². The highest BCUT2D eigenvalue weighted by Crippen LogP contribution is 2.33. The molecule has 1 heterocycles. The first-order chi connectivity index (χ1) is 12.6. The summed E-state index contributed by atoms with van der Waals surface area (Å²) >= 11 is 6.28. The summed E-state index contributed by atoms with van der Waals surface area (Å²) in [6, 6.07) is 23.1. The molecule has 3 nitrogen and oxygen atoms in total. The van der Waals surface area contributed by atoms with E-state index in [1.54, 1.807) is 6.07 Å². The molecule has 4 aromatic rings. The SMILES string of the molecule is Cc1cc2oc(=O)cc(Nc3ccccc3-c3ccccc3)c2cc1Cl. The minimum atomic E-state index is -0.404. The van der Waals surface area contributed by atoms with E-state index in [4.69, 9.17) is 16.0 Å². The maximum Gasteiger partial charge on any atom is 0.338 e. The van der Waals surface area contributed by atoms with Crippen molar-refractivity contribution in [1.29, 1.82) is 0 Å². The van der Waals surface area contributed by atoms with Gasteiger partial charge in [-0.05, 0) is 36.2 Å². The Hall–Kier alpha value is -3.04. The highest BCUT2D eigenvalue weighted by molar-refractivity contribution is 6.32. The third-order valence-electron chi connectivity index (χ3n) is 4.30. The van der Waals surface area contributed by atoms with E-state index in [0.717, 1.165) is 27.8 Å². The Morgan fingerprint density at radius 1 is 0.885 bits per heavy atom. The molecule has 0 saturated heterocycles. The Bertz CT molecular complexity index is 1150. The molecule has 1 aromatic heterocycles. The molecular weight excluding hydrogens is 346 g/mol. The number of benzene rings is 3. The number of rotatable bonds is 3. The van der Waals surface area contributed by atoms with Crippen molar-refractivity contribution in [3.8, 4) is 11.1 Å². The molecule has 0 spiro atoms. The van der Waals surface area contributed by atoms with Gasteiger partial charge in [-0.2, -0.15) is 0 Å². The predicted molar refractivity (Wildman–Crippen MR) is 107 cm³/mol. The van der Waals surface area contributed by atoms with Crippen LogP contribution in [0.4, 0.5) is 11.4 Å². The van der Waals surface area contributed by atoms with Gasteiger partial charge in [0.25, 0.3) is 0 Å². The van der Waals surface area contributed by atoms with Crippen LogP contribution in [0.3, 0.4) is 0 Å². The van der Waals surface area contributed by atoms with Gasteiger partial charge in [0.15, 0.2) is 0 Å². The zero-order valence-electron chi connectivity index (χ0n) is 14.1. The molecule has 0 atom stereocenters. The van der Waals surface area contributed by atoms with Crippen LogP contribution in [0.2, 0.25) is 5.02 Å². The van der Waals surface area contributed by atoms with E-state index in [2.05, 4.69) is 17.4 Å². The second-order valence-electron chi connectivity index (χ2n) is 6.11. The van der Waals surface area contributed by atoms with Gasteiger partial charge in [-0.15, -0.1) is 0 Å². The molecule has 128 valence electrons. The highest BCUT2D eigenvalue weighted by atomic mass is 35.5. The summed E-state index contributed by atoms with van der Waals surface area (Å²) in [4.78, 5) is 12.0. The number of hydrogen-bond donors (Lipinski definition) is 1. The van der Waals surface area contributed by atoms with Gasteiger partial charge < -0.3 is 9.73 Å². The van der Waals surface area contributed by atoms with Crippen molar-refractivity contribution in [1.82, 2.24) is 0 Å². The summed E-state index contributed by atoms with van der Waals surface area (Å²) in [5.74, 6) is 0. The maximum atomic E-state index is 12.0. The lowest BCUT2D eigenvalue weighted by Gasteiger charge is -2.14. The molecular formula is C22H16ClNO2. The van der Waals surface area contributed by atoms with E-state index in [9.17, 15) is 4.79 Å². The van der Waals surface area contributed by atoms with Crippen LogP contribution in [0.1, 0.15) is 5.56 Å². The first-order valence-corrected chi connectivity index (χ1v) is 8.65. The molecule has 0 unspecified atom stereocenters. The minimum Gasteiger partial charge on any atom is -0.423 e. The quantitative estimate of drug-likeness (QED) is 0.444. The minimum absolute atomic E-state index is 0.404. The standard InChI is InChI=1S/C22H16ClNO2/c1-14-11-21-17(12-18(14)23)20(13-22(25)26-21)24-19-10-6-5-9-16(19)15-7-3-2-4-8-15/h2-13,24H,1H3. The number of para-hydroxylation sites is 1. The molecule has 0 bridgehead atoms. The lowest BCUT2D eigenvalue weighted by atomic mass is 10.0. The van der Waals surface area contributed by atoms with E-state index >= 15 is 0 Å². The lowest BCUT2D eigenvalue weighted by Crippen LogP contribution is -2.02. The van der Waals surface area contributed by atoms with Crippen LogP contribution in [0.25, 0.3) is 22.1 Å². The van der Waals surface area contributed by atoms with Crippen molar-refractivity contribution in [3.05, 3.63) is 93.8 Å². The Morgan fingerprint density at radius 3 is 2.42 bits per heavy atom. The predicted octanol–water partition coefficient (Wildman–Crippen LogP) is 6.17. The number of halogens is 1. The fraction of sp³-hybridized carbons (Fsp3) is 0.0455. The van der Waals surface area contributed by atoms with E-state index < -0.39 is 5.63 Å².